The van der Waals surface area contributed by atoms with Crippen LogP contribution in [0, 0.1) is 0 Å². The summed E-state index contributed by atoms with van der Waals surface area (Å²) in [4.78, 5) is 4.05. The largest absolute Gasteiger partial charge is 0.491 e. The highest BCUT2D eigenvalue weighted by Crippen LogP contribution is 2.34. The Bertz CT molecular complexity index is 660. The van der Waals surface area contributed by atoms with Crippen molar-refractivity contribution in [2.45, 2.75) is 51.6 Å². The molecule has 1 heterocycles. The summed E-state index contributed by atoms with van der Waals surface area (Å²) in [5.74, 6) is 0.635. The van der Waals surface area contributed by atoms with Crippen molar-refractivity contribution < 1.29 is 27.4 Å². The van der Waals surface area contributed by atoms with E-state index in [1.165, 1.54) is 6.07 Å². The lowest BCUT2D eigenvalue weighted by molar-refractivity contribution is -0.138. The smallest absolute Gasteiger partial charge is 0.416 e. The summed E-state index contributed by atoms with van der Waals surface area (Å²) in [7, 11) is 1.58. The molecule has 1 fully saturated rings. The van der Waals surface area contributed by atoms with Gasteiger partial charge in [0, 0.05) is 33.4 Å². The van der Waals surface area contributed by atoms with Gasteiger partial charge >= 0.3 is 6.18 Å². The van der Waals surface area contributed by atoms with Crippen molar-refractivity contribution in [1.29, 1.82) is 0 Å². The molecule has 0 amide bonds. The molecule has 0 spiro atoms. The van der Waals surface area contributed by atoms with Gasteiger partial charge in [0.2, 0.25) is 0 Å². The van der Waals surface area contributed by atoms with Gasteiger partial charge in [-0.15, -0.1) is 0 Å². The van der Waals surface area contributed by atoms with Crippen LogP contribution in [0.3, 0.4) is 0 Å². The van der Waals surface area contributed by atoms with E-state index in [0.29, 0.717) is 25.7 Å². The molecule has 1 aromatic carbocycles. The molecule has 1 aliphatic rings. The van der Waals surface area contributed by atoms with Crippen LogP contribution in [0.2, 0.25) is 0 Å². The summed E-state index contributed by atoms with van der Waals surface area (Å²) in [5.41, 5.74) is -0.591. The van der Waals surface area contributed by atoms with Crippen LogP contribution in [0.5, 0.6) is 5.75 Å². The fourth-order valence-electron chi connectivity index (χ4n) is 2.89. The average Bonchev–Trinajstić information content (AvgIpc) is 3.17. The zero-order valence-electron chi connectivity index (χ0n) is 17.1. The van der Waals surface area contributed by atoms with Gasteiger partial charge in [0.15, 0.2) is 5.96 Å². The van der Waals surface area contributed by atoms with Crippen molar-refractivity contribution in [2.24, 2.45) is 4.99 Å². The summed E-state index contributed by atoms with van der Waals surface area (Å²) in [6, 6.07) is 4.02. The lowest BCUT2D eigenvalue weighted by Crippen LogP contribution is -2.38. The Morgan fingerprint density at radius 3 is 2.72 bits per heavy atom. The van der Waals surface area contributed by atoms with E-state index in [0.717, 1.165) is 25.5 Å². The van der Waals surface area contributed by atoms with Gasteiger partial charge in [0.1, 0.15) is 5.75 Å². The lowest BCUT2D eigenvalue weighted by atomic mass is 10.1. The summed E-state index contributed by atoms with van der Waals surface area (Å²) in [6.07, 6.45) is -2.83. The topological polar surface area (TPSA) is 64.1 Å². The molecule has 1 unspecified atom stereocenters. The first-order chi connectivity index (χ1) is 13.8. The van der Waals surface area contributed by atoms with Crippen molar-refractivity contribution in [3.8, 4) is 5.75 Å². The number of guanidine groups is 1. The third-order valence-corrected chi connectivity index (χ3v) is 4.28. The third kappa shape index (κ3) is 8.10. The SMILES string of the molecule is CN=C(NCCCOC1CCOC1)NCc1ccc(OC(C)C)cc1C(F)(F)F. The van der Waals surface area contributed by atoms with Gasteiger partial charge in [-0.3, -0.25) is 4.99 Å². The molecule has 1 aromatic rings. The maximum absolute atomic E-state index is 13.4. The monoisotopic (exact) mass is 417 g/mol. The molecule has 164 valence electrons. The highest BCUT2D eigenvalue weighted by atomic mass is 19.4. The van der Waals surface area contributed by atoms with E-state index in [2.05, 4.69) is 15.6 Å². The Kier molecular flexibility index (Phi) is 9.03. The summed E-state index contributed by atoms with van der Waals surface area (Å²) in [5, 5.41) is 6.01. The Balaban J connectivity index is 1.84. The average molecular weight is 417 g/mol. The van der Waals surface area contributed by atoms with Crippen molar-refractivity contribution in [3.05, 3.63) is 29.3 Å². The first-order valence-corrected chi connectivity index (χ1v) is 9.80. The van der Waals surface area contributed by atoms with Crippen LogP contribution in [0.4, 0.5) is 13.2 Å². The Hall–Kier alpha value is -2.00. The number of hydrogen-bond donors (Lipinski definition) is 2. The minimum absolute atomic E-state index is 0.00755. The zero-order valence-corrected chi connectivity index (χ0v) is 17.1. The van der Waals surface area contributed by atoms with E-state index in [9.17, 15) is 13.2 Å². The standard InChI is InChI=1S/C20H30F3N3O3/c1-14(2)29-16-6-5-15(18(11-16)20(21,22)23)12-26-19(24-3)25-8-4-9-28-17-7-10-27-13-17/h5-6,11,14,17H,4,7-10,12-13H2,1-3H3,(H2,24,25,26). The quantitative estimate of drug-likeness (QED) is 0.367. The number of aliphatic imine (C=N–C) groups is 1. The number of nitrogens with one attached hydrogen (secondary N) is 2. The van der Waals surface area contributed by atoms with E-state index in [1.807, 2.05) is 0 Å². The molecule has 29 heavy (non-hydrogen) atoms. The highest BCUT2D eigenvalue weighted by Gasteiger charge is 2.33. The number of benzene rings is 1. The molecule has 1 saturated heterocycles. The molecule has 0 bridgehead atoms. The fraction of sp³-hybridized carbons (Fsp3) is 0.650. The first-order valence-electron chi connectivity index (χ1n) is 9.80. The van der Waals surface area contributed by atoms with E-state index < -0.39 is 11.7 Å². The van der Waals surface area contributed by atoms with Crippen LogP contribution in [-0.4, -0.2) is 51.6 Å². The molecule has 1 atom stereocenters. The van der Waals surface area contributed by atoms with Crippen LogP contribution in [0.25, 0.3) is 0 Å². The van der Waals surface area contributed by atoms with Crippen LogP contribution in [0.15, 0.2) is 23.2 Å². The van der Waals surface area contributed by atoms with Crippen molar-refractivity contribution >= 4 is 5.96 Å². The van der Waals surface area contributed by atoms with Crippen LogP contribution in [0.1, 0.15) is 37.8 Å². The van der Waals surface area contributed by atoms with E-state index in [4.69, 9.17) is 14.2 Å². The van der Waals surface area contributed by atoms with Gasteiger partial charge in [0.25, 0.3) is 0 Å². The Morgan fingerprint density at radius 1 is 1.31 bits per heavy atom. The van der Waals surface area contributed by atoms with Crippen molar-refractivity contribution in [2.75, 3.05) is 33.4 Å². The number of nitrogens with zero attached hydrogens (tertiary/aromatic N) is 1. The van der Waals surface area contributed by atoms with E-state index in [1.54, 1.807) is 27.0 Å². The molecule has 1 aliphatic heterocycles. The zero-order chi connectivity index (χ0) is 21.3. The molecular weight excluding hydrogens is 387 g/mol. The lowest BCUT2D eigenvalue weighted by Gasteiger charge is -2.18. The van der Waals surface area contributed by atoms with Gasteiger partial charge in [-0.2, -0.15) is 13.2 Å². The maximum Gasteiger partial charge on any atom is 0.416 e. The number of rotatable bonds is 9. The Morgan fingerprint density at radius 2 is 2.10 bits per heavy atom. The van der Waals surface area contributed by atoms with Crippen LogP contribution >= 0.6 is 0 Å². The number of halogens is 3. The molecule has 0 radical (unpaired) electrons. The van der Waals surface area contributed by atoms with Crippen molar-refractivity contribution in [3.63, 3.8) is 0 Å². The molecule has 2 rings (SSSR count). The Labute approximate surface area is 169 Å². The minimum atomic E-state index is -4.47. The molecule has 6 nitrogen and oxygen atoms in total. The summed E-state index contributed by atoms with van der Waals surface area (Å²) >= 11 is 0. The van der Waals surface area contributed by atoms with Gasteiger partial charge < -0.3 is 24.8 Å². The number of ether oxygens (including phenoxy) is 3. The van der Waals surface area contributed by atoms with Gasteiger partial charge in [-0.25, -0.2) is 0 Å². The first kappa shape index (κ1) is 23.3. The number of hydrogen-bond acceptors (Lipinski definition) is 4. The second kappa shape index (κ2) is 11.3. The molecule has 9 heteroatoms. The molecule has 0 aromatic heterocycles. The van der Waals surface area contributed by atoms with Crippen molar-refractivity contribution in [1.82, 2.24) is 10.6 Å². The van der Waals surface area contributed by atoms with Crippen LogP contribution < -0.4 is 15.4 Å². The molecule has 0 saturated carbocycles. The van der Waals surface area contributed by atoms with Gasteiger partial charge in [-0.05, 0) is 44.4 Å². The molecule has 2 N–H and O–H groups in total. The maximum atomic E-state index is 13.4. The number of alkyl halides is 3. The predicted molar refractivity (Wildman–Crippen MR) is 105 cm³/mol. The van der Waals surface area contributed by atoms with E-state index in [-0.39, 0.29) is 30.1 Å². The summed E-state index contributed by atoms with van der Waals surface area (Å²) in [6.45, 7) is 6.10. The highest BCUT2D eigenvalue weighted by molar-refractivity contribution is 5.79. The second-order valence-electron chi connectivity index (χ2n) is 7.05. The predicted octanol–water partition coefficient (Wildman–Crippen LogP) is 3.35. The van der Waals surface area contributed by atoms with E-state index >= 15 is 0 Å². The van der Waals surface area contributed by atoms with Gasteiger partial charge in [0.05, 0.1) is 24.4 Å². The normalized spacial score (nSPS) is 17.6. The minimum Gasteiger partial charge on any atom is -0.491 e. The molecular formula is C20H30F3N3O3. The van der Waals surface area contributed by atoms with Crippen LogP contribution in [-0.2, 0) is 22.2 Å². The fourth-order valence-corrected chi connectivity index (χ4v) is 2.89. The second-order valence-corrected chi connectivity index (χ2v) is 7.05. The summed E-state index contributed by atoms with van der Waals surface area (Å²) < 4.78 is 56.6. The van der Waals surface area contributed by atoms with Gasteiger partial charge in [-0.1, -0.05) is 6.07 Å². The third-order valence-electron chi connectivity index (χ3n) is 4.28. The molecule has 0 aliphatic carbocycles.